The Hall–Kier alpha value is -0.249. The summed E-state index contributed by atoms with van der Waals surface area (Å²) in [6, 6.07) is 0. The van der Waals surface area contributed by atoms with Crippen LogP contribution in [0.3, 0.4) is 0 Å². The van der Waals surface area contributed by atoms with Gasteiger partial charge in [0.1, 0.15) is 0 Å². The van der Waals surface area contributed by atoms with Crippen molar-refractivity contribution < 1.29 is 13.3 Å². The molecular formula is C36H72O3Si3. The second kappa shape index (κ2) is 15.4. The first-order valence-electron chi connectivity index (χ1n) is 16.9. The van der Waals surface area contributed by atoms with Crippen molar-refractivity contribution in [3.05, 3.63) is 36.0 Å². The van der Waals surface area contributed by atoms with Crippen molar-refractivity contribution in [2.45, 2.75) is 187 Å². The van der Waals surface area contributed by atoms with E-state index in [4.69, 9.17) is 13.3 Å². The molecule has 1 rings (SSSR count). The van der Waals surface area contributed by atoms with E-state index in [2.05, 4.69) is 133 Å². The van der Waals surface area contributed by atoms with E-state index in [1.54, 1.807) is 0 Å². The lowest BCUT2D eigenvalue weighted by Gasteiger charge is -2.45. The smallest absolute Gasteiger partial charge is 0.192 e. The minimum atomic E-state index is -1.94. The molecule has 0 amide bonds. The first-order valence-corrected chi connectivity index (χ1v) is 26.1. The number of allylic oxidation sites excluding steroid dienone is 3. The fourth-order valence-electron chi connectivity index (χ4n) is 5.32. The van der Waals surface area contributed by atoms with Gasteiger partial charge in [-0.25, -0.2) is 0 Å². The normalized spacial score (nSPS) is 21.9. The predicted molar refractivity (Wildman–Crippen MR) is 195 cm³/mol. The van der Waals surface area contributed by atoms with Crippen molar-refractivity contribution >= 4 is 25.0 Å². The Balaban J connectivity index is 2.79. The molecule has 3 nitrogen and oxygen atoms in total. The topological polar surface area (TPSA) is 27.7 Å². The second-order valence-corrected chi connectivity index (χ2v) is 31.8. The Labute approximate surface area is 266 Å². The molecule has 0 aromatic rings. The molecule has 1 fully saturated rings. The van der Waals surface area contributed by atoms with Gasteiger partial charge in [0, 0.05) is 6.42 Å². The van der Waals surface area contributed by atoms with Gasteiger partial charge in [-0.2, -0.15) is 0 Å². The largest absolute Gasteiger partial charge is 0.413 e. The zero-order chi connectivity index (χ0) is 32.8. The summed E-state index contributed by atoms with van der Waals surface area (Å²) in [6.45, 7) is 41.7. The third-order valence-electron chi connectivity index (χ3n) is 9.80. The standard InChI is InChI=1S/C36H72O3Si3/c1-29(24-22-26-36(9,10)39-40(11,12)13)23-20-18-19-21-25-31-27-32(37-41(14,15)34(3,4)5)28-33(30(31)2)38-42(16,17)35(6,7)8/h19,21,25,29,32-33H,2,18,20,22-24,26-28H2,1,3-17H3/b21-19+,31-25-/t29-,32+,33+/m1/s1. The first kappa shape index (κ1) is 39.8. The fraction of sp³-hybridized carbons (Fsp3) is 0.833. The summed E-state index contributed by atoms with van der Waals surface area (Å²) in [7, 11) is -5.31. The molecule has 0 N–H and O–H groups in total. The second-order valence-electron chi connectivity index (χ2n) is 17.9. The molecule has 0 aromatic carbocycles. The minimum absolute atomic E-state index is 0.00697. The summed E-state index contributed by atoms with van der Waals surface area (Å²) < 4.78 is 20.3. The van der Waals surface area contributed by atoms with E-state index in [9.17, 15) is 0 Å². The van der Waals surface area contributed by atoms with Crippen molar-refractivity contribution in [3.8, 4) is 0 Å². The number of hydrogen-bond donors (Lipinski definition) is 0. The van der Waals surface area contributed by atoms with Crippen molar-refractivity contribution in [1.82, 2.24) is 0 Å². The van der Waals surface area contributed by atoms with Gasteiger partial charge in [0.25, 0.3) is 0 Å². The molecule has 0 unspecified atom stereocenters. The zero-order valence-electron chi connectivity index (χ0n) is 31.1. The number of rotatable bonds is 15. The summed E-state index contributed by atoms with van der Waals surface area (Å²) in [5, 5.41) is 0.357. The van der Waals surface area contributed by atoms with Crippen LogP contribution in [0.1, 0.15) is 114 Å². The van der Waals surface area contributed by atoms with Crippen LogP contribution < -0.4 is 0 Å². The molecule has 0 heterocycles. The average Bonchev–Trinajstić information content (AvgIpc) is 2.75. The molecule has 42 heavy (non-hydrogen) atoms. The fourth-order valence-corrected chi connectivity index (χ4v) is 9.75. The van der Waals surface area contributed by atoms with Crippen LogP contribution in [0.4, 0.5) is 0 Å². The summed E-state index contributed by atoms with van der Waals surface area (Å²) >= 11 is 0. The van der Waals surface area contributed by atoms with Crippen LogP contribution in [0.2, 0.25) is 55.9 Å². The maximum absolute atomic E-state index is 6.97. The van der Waals surface area contributed by atoms with E-state index in [0.717, 1.165) is 37.2 Å². The highest BCUT2D eigenvalue weighted by atomic mass is 28.4. The van der Waals surface area contributed by atoms with Crippen molar-refractivity contribution in [2.75, 3.05) is 0 Å². The van der Waals surface area contributed by atoms with Crippen LogP contribution in [0.25, 0.3) is 0 Å². The van der Waals surface area contributed by atoms with Gasteiger partial charge in [-0.3, -0.25) is 0 Å². The maximum Gasteiger partial charge on any atom is 0.192 e. The molecule has 0 saturated heterocycles. The molecule has 6 heteroatoms. The van der Waals surface area contributed by atoms with Crippen LogP contribution in [0.15, 0.2) is 36.0 Å². The molecule has 246 valence electrons. The van der Waals surface area contributed by atoms with Crippen molar-refractivity contribution in [3.63, 3.8) is 0 Å². The van der Waals surface area contributed by atoms with Gasteiger partial charge in [0.15, 0.2) is 25.0 Å². The van der Waals surface area contributed by atoms with Gasteiger partial charge in [-0.1, -0.05) is 92.5 Å². The Kier molecular flexibility index (Phi) is 14.5. The molecule has 0 aliphatic heterocycles. The van der Waals surface area contributed by atoms with Gasteiger partial charge in [0.05, 0.1) is 17.8 Å². The van der Waals surface area contributed by atoms with E-state index >= 15 is 0 Å². The Morgan fingerprint density at radius 2 is 1.36 bits per heavy atom. The minimum Gasteiger partial charge on any atom is -0.413 e. The lowest BCUT2D eigenvalue weighted by molar-refractivity contribution is 0.0867. The molecule has 0 radical (unpaired) electrons. The molecule has 1 aliphatic carbocycles. The van der Waals surface area contributed by atoms with Gasteiger partial charge < -0.3 is 13.3 Å². The highest BCUT2D eigenvalue weighted by Crippen LogP contribution is 2.44. The van der Waals surface area contributed by atoms with Crippen molar-refractivity contribution in [2.24, 2.45) is 5.92 Å². The molecule has 3 atom stereocenters. The lowest BCUT2D eigenvalue weighted by atomic mass is 9.86. The zero-order valence-corrected chi connectivity index (χ0v) is 34.1. The molecular weight excluding hydrogens is 565 g/mol. The summed E-state index contributed by atoms with van der Waals surface area (Å²) in [6.07, 6.45) is 16.3. The maximum atomic E-state index is 6.97. The molecule has 1 aliphatic rings. The average molecular weight is 637 g/mol. The molecule has 0 aromatic heterocycles. The highest BCUT2D eigenvalue weighted by molar-refractivity contribution is 6.74. The van der Waals surface area contributed by atoms with E-state index < -0.39 is 25.0 Å². The van der Waals surface area contributed by atoms with Gasteiger partial charge in [-0.15, -0.1) is 0 Å². The Bertz CT molecular complexity index is 911. The number of unbranched alkanes of at least 4 members (excludes halogenated alkanes) is 1. The third kappa shape index (κ3) is 13.8. The lowest BCUT2D eigenvalue weighted by Crippen LogP contribution is -2.49. The van der Waals surface area contributed by atoms with Gasteiger partial charge in [0.2, 0.25) is 0 Å². The highest BCUT2D eigenvalue weighted by Gasteiger charge is 2.44. The van der Waals surface area contributed by atoms with E-state index in [-0.39, 0.29) is 27.9 Å². The van der Waals surface area contributed by atoms with Gasteiger partial charge >= 0.3 is 0 Å². The summed E-state index contributed by atoms with van der Waals surface area (Å²) in [5.74, 6) is 0.763. The Morgan fingerprint density at radius 3 is 1.88 bits per heavy atom. The predicted octanol–water partition coefficient (Wildman–Crippen LogP) is 12.2. The Morgan fingerprint density at radius 1 is 0.833 bits per heavy atom. The van der Waals surface area contributed by atoms with Crippen LogP contribution in [0, 0.1) is 5.92 Å². The third-order valence-corrected chi connectivity index (χ3v) is 20.0. The van der Waals surface area contributed by atoms with Crippen molar-refractivity contribution in [1.29, 1.82) is 0 Å². The van der Waals surface area contributed by atoms with Crippen LogP contribution in [-0.2, 0) is 13.3 Å². The van der Waals surface area contributed by atoms with E-state index in [1.807, 2.05) is 0 Å². The molecule has 0 spiro atoms. The summed E-state index contributed by atoms with van der Waals surface area (Å²) in [4.78, 5) is 0. The van der Waals surface area contributed by atoms with E-state index in [1.165, 1.54) is 31.3 Å². The van der Waals surface area contributed by atoms with E-state index in [0.29, 0.717) is 0 Å². The molecule has 1 saturated carbocycles. The van der Waals surface area contributed by atoms with Crippen LogP contribution in [0.5, 0.6) is 0 Å². The monoisotopic (exact) mass is 636 g/mol. The first-order chi connectivity index (χ1) is 18.8. The molecule has 0 bridgehead atoms. The summed E-state index contributed by atoms with van der Waals surface area (Å²) in [5.41, 5.74) is 2.48. The number of hydrogen-bond acceptors (Lipinski definition) is 3. The SMILES string of the molecule is C=C1/C(=C\C=C\CCC[C@@H](C)CCCC(C)(C)O[Si](C)(C)C)C[C@H](O[Si](C)(C)C(C)(C)C)C[C@@H]1O[Si](C)(C)C(C)(C)C. The van der Waals surface area contributed by atoms with Crippen LogP contribution >= 0.6 is 0 Å². The van der Waals surface area contributed by atoms with Gasteiger partial charge in [-0.05, 0) is 113 Å². The quantitative estimate of drug-likeness (QED) is 0.132. The van der Waals surface area contributed by atoms with Crippen LogP contribution in [-0.4, -0.2) is 42.8 Å².